The summed E-state index contributed by atoms with van der Waals surface area (Å²) in [6, 6.07) is 6.37. The molecule has 0 heterocycles. The molecule has 1 N–H and O–H groups in total. The zero-order chi connectivity index (χ0) is 14.8. The second kappa shape index (κ2) is 9.60. The second-order valence-corrected chi connectivity index (χ2v) is 4.64. The summed E-state index contributed by atoms with van der Waals surface area (Å²) < 4.78 is 0. The highest BCUT2D eigenvalue weighted by atomic mass is 16.4. The van der Waals surface area contributed by atoms with Gasteiger partial charge in [0.2, 0.25) is 0 Å². The van der Waals surface area contributed by atoms with E-state index in [4.69, 9.17) is 0 Å². The molecule has 2 nitrogen and oxygen atoms in total. The lowest BCUT2D eigenvalue weighted by atomic mass is 9.91. The molecule has 0 aliphatic carbocycles. The van der Waals surface area contributed by atoms with E-state index in [9.17, 15) is 9.90 Å². The minimum Gasteiger partial charge on any atom is -0.481 e. The highest BCUT2D eigenvalue weighted by Crippen LogP contribution is 2.19. The van der Waals surface area contributed by atoms with Crippen LogP contribution < -0.4 is 0 Å². The number of aryl methyl sites for hydroxylation is 2. The number of rotatable bonds is 6. The first-order chi connectivity index (χ1) is 9.08. The van der Waals surface area contributed by atoms with Crippen molar-refractivity contribution < 1.29 is 9.90 Å². The summed E-state index contributed by atoms with van der Waals surface area (Å²) >= 11 is 0. The molecule has 0 saturated carbocycles. The van der Waals surface area contributed by atoms with Gasteiger partial charge in [-0.15, -0.1) is 0 Å². The third kappa shape index (κ3) is 5.91. The van der Waals surface area contributed by atoms with Crippen LogP contribution in [0.3, 0.4) is 0 Å². The Balaban J connectivity index is 0.00000154. The van der Waals surface area contributed by atoms with Gasteiger partial charge in [0, 0.05) is 0 Å². The lowest BCUT2D eigenvalue weighted by Gasteiger charge is -2.14. The van der Waals surface area contributed by atoms with E-state index in [1.54, 1.807) is 0 Å². The molecule has 1 atom stereocenters. The van der Waals surface area contributed by atoms with Crippen LogP contribution in [0.4, 0.5) is 0 Å². The molecule has 1 aromatic carbocycles. The summed E-state index contributed by atoms with van der Waals surface area (Å²) in [5.41, 5.74) is 3.67. The van der Waals surface area contributed by atoms with Gasteiger partial charge < -0.3 is 5.11 Å². The van der Waals surface area contributed by atoms with Gasteiger partial charge in [0.15, 0.2) is 0 Å². The van der Waals surface area contributed by atoms with Gasteiger partial charge >= 0.3 is 5.97 Å². The molecule has 0 aliphatic rings. The predicted octanol–water partition coefficient (Wildman–Crippen LogP) is 4.63. The number of hydrogen-bond donors (Lipinski definition) is 1. The van der Waals surface area contributed by atoms with Gasteiger partial charge in [-0.1, -0.05) is 52.3 Å². The quantitative estimate of drug-likeness (QED) is 0.813. The first kappa shape index (κ1) is 17.7. The number of carboxylic acid groups (broad SMARTS) is 1. The molecule has 0 fully saturated rings. The topological polar surface area (TPSA) is 37.3 Å². The van der Waals surface area contributed by atoms with Crippen molar-refractivity contribution in [1.82, 2.24) is 0 Å². The van der Waals surface area contributed by atoms with Crippen LogP contribution in [0.5, 0.6) is 0 Å². The number of hydrogen-bond acceptors (Lipinski definition) is 1. The molecule has 0 aromatic heterocycles. The molecule has 0 amide bonds. The maximum absolute atomic E-state index is 11.2. The molecular weight excluding hydrogens is 236 g/mol. The molecule has 0 bridgehead atoms. The summed E-state index contributed by atoms with van der Waals surface area (Å²) in [7, 11) is 0. The van der Waals surface area contributed by atoms with Crippen molar-refractivity contribution in [1.29, 1.82) is 0 Å². The van der Waals surface area contributed by atoms with Crippen LogP contribution in [0.2, 0.25) is 0 Å². The molecule has 2 heteroatoms. The Hall–Kier alpha value is -1.31. The van der Waals surface area contributed by atoms with Gasteiger partial charge in [0.1, 0.15) is 0 Å². The van der Waals surface area contributed by atoms with E-state index < -0.39 is 5.97 Å². The standard InChI is InChI=1S/C15H22O2.C2H6/c1-4-6-13(15(16)17)10-14-9-12(5-2)8-7-11(14)3;1-2/h7-9,13H,4-6,10H2,1-3H3,(H,16,17);1-2H3. The van der Waals surface area contributed by atoms with Crippen LogP contribution in [-0.4, -0.2) is 11.1 Å². The van der Waals surface area contributed by atoms with Gasteiger partial charge in [0.05, 0.1) is 5.92 Å². The zero-order valence-corrected chi connectivity index (χ0v) is 13.0. The molecule has 0 radical (unpaired) electrons. The molecule has 19 heavy (non-hydrogen) atoms. The number of carboxylic acids is 1. The molecule has 1 rings (SSSR count). The van der Waals surface area contributed by atoms with E-state index >= 15 is 0 Å². The normalized spacial score (nSPS) is 11.4. The number of aliphatic carboxylic acids is 1. The van der Waals surface area contributed by atoms with Crippen molar-refractivity contribution in [3.8, 4) is 0 Å². The Kier molecular flexibility index (Phi) is 8.94. The molecular formula is C17H28O2. The summed E-state index contributed by atoms with van der Waals surface area (Å²) in [4.78, 5) is 11.2. The maximum atomic E-state index is 11.2. The first-order valence-electron chi connectivity index (χ1n) is 7.39. The molecule has 0 saturated heterocycles. The number of benzene rings is 1. The third-order valence-corrected chi connectivity index (χ3v) is 3.27. The summed E-state index contributed by atoms with van der Waals surface area (Å²) in [5, 5.41) is 9.18. The fraction of sp³-hybridized carbons (Fsp3) is 0.588. The average Bonchev–Trinajstić information content (AvgIpc) is 2.42. The van der Waals surface area contributed by atoms with E-state index in [-0.39, 0.29) is 5.92 Å². The minimum absolute atomic E-state index is 0.245. The maximum Gasteiger partial charge on any atom is 0.306 e. The molecule has 0 aliphatic heterocycles. The zero-order valence-electron chi connectivity index (χ0n) is 13.0. The fourth-order valence-electron chi connectivity index (χ4n) is 2.09. The van der Waals surface area contributed by atoms with E-state index in [2.05, 4.69) is 32.0 Å². The lowest BCUT2D eigenvalue weighted by molar-refractivity contribution is -0.141. The van der Waals surface area contributed by atoms with Crippen LogP contribution in [0.1, 0.15) is 57.2 Å². The van der Waals surface area contributed by atoms with Gasteiger partial charge in [-0.2, -0.15) is 0 Å². The van der Waals surface area contributed by atoms with E-state index in [0.29, 0.717) is 6.42 Å². The molecule has 1 unspecified atom stereocenters. The van der Waals surface area contributed by atoms with Crippen LogP contribution in [0.15, 0.2) is 18.2 Å². The lowest BCUT2D eigenvalue weighted by Crippen LogP contribution is -2.16. The third-order valence-electron chi connectivity index (χ3n) is 3.27. The Morgan fingerprint density at radius 3 is 2.37 bits per heavy atom. The largest absolute Gasteiger partial charge is 0.481 e. The van der Waals surface area contributed by atoms with Crippen LogP contribution in [0.25, 0.3) is 0 Å². The summed E-state index contributed by atoms with van der Waals surface area (Å²) in [5.74, 6) is -0.918. The summed E-state index contributed by atoms with van der Waals surface area (Å²) in [6.07, 6.45) is 3.33. The van der Waals surface area contributed by atoms with Gasteiger partial charge in [-0.3, -0.25) is 4.79 Å². The minimum atomic E-state index is -0.673. The SMILES string of the molecule is CC.CCCC(Cc1cc(CC)ccc1C)C(=O)O. The van der Waals surface area contributed by atoms with Gasteiger partial charge in [0.25, 0.3) is 0 Å². The van der Waals surface area contributed by atoms with Crippen molar-refractivity contribution in [2.45, 2.75) is 60.3 Å². The van der Waals surface area contributed by atoms with E-state index in [1.807, 2.05) is 20.8 Å². The Bertz CT molecular complexity index is 383. The predicted molar refractivity (Wildman–Crippen MR) is 81.6 cm³/mol. The van der Waals surface area contributed by atoms with Gasteiger partial charge in [-0.05, 0) is 42.9 Å². The molecule has 1 aromatic rings. The first-order valence-corrected chi connectivity index (χ1v) is 7.39. The monoisotopic (exact) mass is 264 g/mol. The van der Waals surface area contributed by atoms with Crippen molar-refractivity contribution >= 4 is 5.97 Å². The van der Waals surface area contributed by atoms with Gasteiger partial charge in [-0.25, -0.2) is 0 Å². The van der Waals surface area contributed by atoms with Crippen molar-refractivity contribution in [3.63, 3.8) is 0 Å². The Morgan fingerprint density at radius 2 is 1.89 bits per heavy atom. The number of carbonyl (C=O) groups is 1. The molecule has 0 spiro atoms. The van der Waals surface area contributed by atoms with Crippen LogP contribution >= 0.6 is 0 Å². The van der Waals surface area contributed by atoms with Crippen molar-refractivity contribution in [3.05, 3.63) is 34.9 Å². The average molecular weight is 264 g/mol. The Morgan fingerprint density at radius 1 is 1.26 bits per heavy atom. The van der Waals surface area contributed by atoms with E-state index in [1.165, 1.54) is 16.7 Å². The smallest absolute Gasteiger partial charge is 0.306 e. The van der Waals surface area contributed by atoms with Crippen LogP contribution in [-0.2, 0) is 17.6 Å². The fourth-order valence-corrected chi connectivity index (χ4v) is 2.09. The van der Waals surface area contributed by atoms with Crippen LogP contribution in [0, 0.1) is 12.8 Å². The highest BCUT2D eigenvalue weighted by Gasteiger charge is 2.17. The van der Waals surface area contributed by atoms with Crippen molar-refractivity contribution in [2.24, 2.45) is 5.92 Å². The Labute approximate surface area is 117 Å². The second-order valence-electron chi connectivity index (χ2n) is 4.64. The van der Waals surface area contributed by atoms with E-state index in [0.717, 1.165) is 19.3 Å². The molecule has 108 valence electrons. The highest BCUT2D eigenvalue weighted by molar-refractivity contribution is 5.70. The van der Waals surface area contributed by atoms with Crippen molar-refractivity contribution in [2.75, 3.05) is 0 Å². The summed E-state index contributed by atoms with van der Waals surface area (Å²) in [6.45, 7) is 10.2.